The molecule has 0 aromatic rings. The van der Waals surface area contributed by atoms with Gasteiger partial charge in [-0.15, -0.1) is 0 Å². The van der Waals surface area contributed by atoms with Gasteiger partial charge in [-0.25, -0.2) is 4.79 Å². The molecule has 1 amide bonds. The molecule has 0 rings (SSSR count). The third-order valence-electron chi connectivity index (χ3n) is 5.81. The van der Waals surface area contributed by atoms with Gasteiger partial charge >= 0.3 is 11.9 Å². The molecule has 0 saturated carbocycles. The highest BCUT2D eigenvalue weighted by molar-refractivity contribution is 8.76. The van der Waals surface area contributed by atoms with Gasteiger partial charge in [0.15, 0.2) is 0 Å². The van der Waals surface area contributed by atoms with Crippen LogP contribution < -0.4 is 11.1 Å². The minimum Gasteiger partial charge on any atom is -0.459 e. The highest BCUT2D eigenvalue weighted by Crippen LogP contribution is 2.24. The average molecular weight is 591 g/mol. The molecule has 0 fully saturated rings. The normalized spacial score (nSPS) is 13.5. The predicted molar refractivity (Wildman–Crippen MR) is 167 cm³/mol. The Hall–Kier alpha value is -0.930. The van der Waals surface area contributed by atoms with Crippen molar-refractivity contribution in [1.82, 2.24) is 5.32 Å². The van der Waals surface area contributed by atoms with E-state index in [0.29, 0.717) is 17.9 Å². The van der Waals surface area contributed by atoms with Crippen molar-refractivity contribution >= 4 is 39.4 Å². The average Bonchev–Trinajstić information content (AvgIpc) is 2.81. The van der Waals surface area contributed by atoms with Crippen molar-refractivity contribution in [2.24, 2.45) is 5.73 Å². The van der Waals surface area contributed by atoms with Gasteiger partial charge in [0.25, 0.3) is 0 Å². The van der Waals surface area contributed by atoms with Crippen molar-refractivity contribution in [1.29, 1.82) is 0 Å². The molecule has 1 unspecified atom stereocenters. The van der Waals surface area contributed by atoms with Crippen molar-refractivity contribution in [2.75, 3.05) is 11.5 Å². The van der Waals surface area contributed by atoms with Crippen molar-refractivity contribution in [2.45, 2.75) is 162 Å². The molecule has 0 spiro atoms. The minimum atomic E-state index is -0.758. The fourth-order valence-electron chi connectivity index (χ4n) is 3.79. The van der Waals surface area contributed by atoms with Crippen molar-refractivity contribution < 1.29 is 23.9 Å². The van der Waals surface area contributed by atoms with Crippen LogP contribution in [0.25, 0.3) is 0 Å². The zero-order valence-electron chi connectivity index (χ0n) is 25.9. The van der Waals surface area contributed by atoms with Crippen molar-refractivity contribution in [3.63, 3.8) is 0 Å². The van der Waals surface area contributed by atoms with Crippen LogP contribution in [0.15, 0.2) is 0 Å². The molecule has 0 aliphatic carbocycles. The third-order valence-corrected chi connectivity index (χ3v) is 8.26. The summed E-state index contributed by atoms with van der Waals surface area (Å²) in [6.07, 6.45) is 16.7. The van der Waals surface area contributed by atoms with Crippen LogP contribution >= 0.6 is 21.6 Å². The third kappa shape index (κ3) is 24.6. The number of amides is 1. The largest absolute Gasteiger partial charge is 0.459 e. The first-order chi connectivity index (χ1) is 18.2. The highest BCUT2D eigenvalue weighted by atomic mass is 33.1. The topological polar surface area (TPSA) is 108 Å². The van der Waals surface area contributed by atoms with Crippen LogP contribution in [0.2, 0.25) is 0 Å². The number of nitrogens with one attached hydrogen (secondary N) is 1. The number of nitrogens with two attached hydrogens (primary N) is 1. The summed E-state index contributed by atoms with van der Waals surface area (Å²) < 4.78 is 10.8. The predicted octanol–water partition coefficient (Wildman–Crippen LogP) is 7.34. The molecule has 0 saturated heterocycles. The first kappa shape index (κ1) is 38.1. The van der Waals surface area contributed by atoms with Crippen LogP contribution in [-0.2, 0) is 23.9 Å². The number of carbonyl (C=O) groups is 3. The van der Waals surface area contributed by atoms with Crippen LogP contribution in [-0.4, -0.2) is 52.6 Å². The van der Waals surface area contributed by atoms with Crippen LogP contribution in [0.4, 0.5) is 0 Å². The number of hydrogen-bond donors (Lipinski definition) is 2. The van der Waals surface area contributed by atoms with Crippen LogP contribution in [0.5, 0.6) is 0 Å². The summed E-state index contributed by atoms with van der Waals surface area (Å²) in [5.74, 6) is -0.375. The molecule has 0 heterocycles. The SMILES string of the molecule is CCCCCCCCCCCCCCCC(=O)N[C@@H](CSSCC(N)C(=O)OC(C)(C)C)C(=O)OC(C)(C)C. The van der Waals surface area contributed by atoms with Gasteiger partial charge in [0.05, 0.1) is 0 Å². The molecule has 7 nitrogen and oxygen atoms in total. The van der Waals surface area contributed by atoms with Gasteiger partial charge < -0.3 is 20.5 Å². The lowest BCUT2D eigenvalue weighted by molar-refractivity contribution is -0.158. The quantitative estimate of drug-likeness (QED) is 0.0766. The van der Waals surface area contributed by atoms with E-state index >= 15 is 0 Å². The fourth-order valence-corrected chi connectivity index (χ4v) is 6.05. The molecule has 0 aliphatic heterocycles. The smallest absolute Gasteiger partial charge is 0.330 e. The van der Waals surface area contributed by atoms with E-state index in [2.05, 4.69) is 12.2 Å². The lowest BCUT2D eigenvalue weighted by Gasteiger charge is -2.24. The second-order valence-corrected chi connectivity index (χ2v) is 14.9. The summed E-state index contributed by atoms with van der Waals surface area (Å²) in [7, 11) is 2.76. The molecule has 0 radical (unpaired) electrons. The number of ether oxygens (including phenoxy) is 2. The molecular weight excluding hydrogens is 532 g/mol. The van der Waals surface area contributed by atoms with E-state index in [1.807, 2.05) is 0 Å². The van der Waals surface area contributed by atoms with Crippen LogP contribution in [0.3, 0.4) is 0 Å². The number of carbonyl (C=O) groups excluding carboxylic acids is 3. The molecule has 0 aromatic heterocycles. The summed E-state index contributed by atoms with van der Waals surface area (Å²) in [5, 5.41) is 2.85. The van der Waals surface area contributed by atoms with Gasteiger partial charge in [-0.1, -0.05) is 106 Å². The maximum Gasteiger partial charge on any atom is 0.330 e. The summed E-state index contributed by atoms with van der Waals surface area (Å²) in [6, 6.07) is -1.51. The Kier molecular flexibility index (Phi) is 21.2. The van der Waals surface area contributed by atoms with E-state index in [1.165, 1.54) is 85.8 Å². The molecule has 0 bridgehead atoms. The van der Waals surface area contributed by atoms with Gasteiger partial charge in [0.2, 0.25) is 5.91 Å². The van der Waals surface area contributed by atoms with E-state index < -0.39 is 35.2 Å². The highest BCUT2D eigenvalue weighted by Gasteiger charge is 2.27. The molecule has 0 aromatic carbocycles. The summed E-state index contributed by atoms with van der Waals surface area (Å²) in [4.78, 5) is 37.4. The van der Waals surface area contributed by atoms with E-state index in [4.69, 9.17) is 15.2 Å². The Balaban J connectivity index is 4.27. The number of rotatable bonds is 22. The number of hydrogen-bond acceptors (Lipinski definition) is 8. The number of unbranched alkanes of at least 4 members (excludes halogenated alkanes) is 12. The lowest BCUT2D eigenvalue weighted by Crippen LogP contribution is -2.45. The molecule has 9 heteroatoms. The van der Waals surface area contributed by atoms with Gasteiger partial charge in [-0.3, -0.25) is 9.59 Å². The lowest BCUT2D eigenvalue weighted by atomic mass is 10.0. The minimum absolute atomic E-state index is 0.134. The Morgan fingerprint density at radius 3 is 1.54 bits per heavy atom. The standard InChI is InChI=1S/C30H58N2O5S2/c1-8-9-10-11-12-13-14-15-16-17-18-19-20-21-26(33)32-25(28(35)37-30(5,6)7)23-39-38-22-24(31)27(34)36-29(2,3)4/h24-25H,8-23,31H2,1-7H3,(H,32,33)/t24?,25-/m0/s1. The zero-order valence-corrected chi connectivity index (χ0v) is 27.5. The van der Waals surface area contributed by atoms with Crippen molar-refractivity contribution in [3.8, 4) is 0 Å². The molecule has 2 atom stereocenters. The first-order valence-electron chi connectivity index (χ1n) is 15.0. The number of esters is 2. The Morgan fingerprint density at radius 1 is 0.667 bits per heavy atom. The Labute approximate surface area is 247 Å². The van der Waals surface area contributed by atoms with Gasteiger partial charge in [-0.2, -0.15) is 0 Å². The van der Waals surface area contributed by atoms with Crippen molar-refractivity contribution in [3.05, 3.63) is 0 Å². The Morgan fingerprint density at radius 2 is 1.08 bits per heavy atom. The summed E-state index contributed by atoms with van der Waals surface area (Å²) in [5.41, 5.74) is 4.70. The first-order valence-corrected chi connectivity index (χ1v) is 17.5. The van der Waals surface area contributed by atoms with Crippen LogP contribution in [0.1, 0.15) is 138 Å². The van der Waals surface area contributed by atoms with E-state index in [9.17, 15) is 14.4 Å². The summed E-state index contributed by atoms with van der Waals surface area (Å²) >= 11 is 0. The summed E-state index contributed by atoms with van der Waals surface area (Å²) in [6.45, 7) is 13.1. The van der Waals surface area contributed by atoms with Crippen LogP contribution in [0, 0.1) is 0 Å². The second kappa shape index (κ2) is 21.8. The fraction of sp³-hybridized carbons (Fsp3) is 0.900. The maximum atomic E-state index is 12.7. The Bertz CT molecular complexity index is 677. The van der Waals surface area contributed by atoms with Gasteiger partial charge in [0.1, 0.15) is 23.3 Å². The molecule has 39 heavy (non-hydrogen) atoms. The van der Waals surface area contributed by atoms with E-state index in [1.54, 1.807) is 41.5 Å². The molecular formula is C30H58N2O5S2. The van der Waals surface area contributed by atoms with E-state index in [-0.39, 0.29) is 5.91 Å². The monoisotopic (exact) mass is 590 g/mol. The van der Waals surface area contributed by atoms with Gasteiger partial charge in [0, 0.05) is 17.9 Å². The van der Waals surface area contributed by atoms with Gasteiger partial charge in [-0.05, 0) is 48.0 Å². The molecule has 3 N–H and O–H groups in total. The maximum absolute atomic E-state index is 12.7. The molecule has 230 valence electrons. The second-order valence-electron chi connectivity index (χ2n) is 12.4. The molecule has 0 aliphatic rings. The zero-order chi connectivity index (χ0) is 29.7. The van der Waals surface area contributed by atoms with E-state index in [0.717, 1.165) is 19.3 Å².